The summed E-state index contributed by atoms with van der Waals surface area (Å²) in [5.41, 5.74) is 8.68. The van der Waals surface area contributed by atoms with E-state index in [0.29, 0.717) is 0 Å². The van der Waals surface area contributed by atoms with Gasteiger partial charge in [-0.15, -0.1) is 0 Å². The van der Waals surface area contributed by atoms with E-state index in [4.69, 9.17) is 0 Å². The van der Waals surface area contributed by atoms with Crippen molar-refractivity contribution in [2.45, 2.75) is 19.0 Å². The van der Waals surface area contributed by atoms with Gasteiger partial charge in [0.25, 0.3) is 0 Å². The summed E-state index contributed by atoms with van der Waals surface area (Å²) in [6.45, 7) is 4.40. The van der Waals surface area contributed by atoms with Crippen LogP contribution in [0.1, 0.15) is 41.3 Å². The molecule has 4 nitrogen and oxygen atoms in total. The largest absolute Gasteiger partial charge is 2.00 e. The molecule has 0 unspecified atom stereocenters. The number of hydrazine groups is 1. The van der Waals surface area contributed by atoms with Crippen LogP contribution in [0.4, 0.5) is 17.1 Å². The summed E-state index contributed by atoms with van der Waals surface area (Å²) in [7, 11) is 2.06. The van der Waals surface area contributed by atoms with Crippen molar-refractivity contribution >= 4 is 17.1 Å². The van der Waals surface area contributed by atoms with Gasteiger partial charge in [0.15, 0.2) is 0 Å². The Morgan fingerprint density at radius 2 is 0.745 bits per heavy atom. The molecule has 7 heteroatoms. The Hall–Kier alpha value is -3.96. The van der Waals surface area contributed by atoms with Crippen molar-refractivity contribution in [1.29, 1.82) is 0 Å². The van der Waals surface area contributed by atoms with E-state index in [2.05, 4.69) is 210 Å². The minimum absolute atomic E-state index is 0. The van der Waals surface area contributed by atoms with Crippen molar-refractivity contribution in [3.8, 4) is 0 Å². The van der Waals surface area contributed by atoms with Crippen LogP contribution in [0.2, 0.25) is 0 Å². The quantitative estimate of drug-likeness (QED) is 0.220. The molecule has 2 aliphatic heterocycles. The molecule has 0 aromatic heterocycles. The van der Waals surface area contributed by atoms with Crippen molar-refractivity contribution in [1.82, 2.24) is 5.01 Å². The number of para-hydroxylation sites is 3. The van der Waals surface area contributed by atoms with E-state index >= 15 is 0 Å². The molecule has 0 spiro atoms. The summed E-state index contributed by atoms with van der Waals surface area (Å²) in [6, 6.07) is 63.6. The van der Waals surface area contributed by atoms with E-state index in [-0.39, 0.29) is 66.5 Å². The van der Waals surface area contributed by atoms with E-state index < -0.39 is 0 Å². The minimum Gasteiger partial charge on any atom is -1.00 e. The van der Waals surface area contributed by atoms with Crippen LogP contribution in [0.25, 0.3) is 0 Å². The molecule has 6 aromatic carbocycles. The minimum atomic E-state index is 0. The van der Waals surface area contributed by atoms with E-state index in [1.165, 1.54) is 45.4 Å². The summed E-state index contributed by atoms with van der Waals surface area (Å²) in [5, 5.41) is 4.24. The predicted octanol–water partition coefficient (Wildman–Crippen LogP) is 4.44. The van der Waals surface area contributed by atoms with Gasteiger partial charge >= 0.3 is 20.4 Å². The second kappa shape index (κ2) is 19.0. The van der Waals surface area contributed by atoms with Gasteiger partial charge in [0.1, 0.15) is 6.67 Å². The maximum atomic E-state index is 2.43. The second-order valence-corrected chi connectivity index (χ2v) is 12.0. The van der Waals surface area contributed by atoms with Crippen molar-refractivity contribution in [3.63, 3.8) is 0 Å². The molecule has 2 aliphatic rings. The number of likely N-dealkylation sites (N-methyl/N-ethyl adjacent to an activating group) is 1. The average molecular weight is 891 g/mol. The smallest absolute Gasteiger partial charge is 1.00 e. The molecule has 0 aliphatic carbocycles. The van der Waals surface area contributed by atoms with Crippen molar-refractivity contribution in [2.24, 2.45) is 0 Å². The molecular formula is C44H40Br2N4Pd. The van der Waals surface area contributed by atoms with Gasteiger partial charge in [-0.25, -0.2) is 5.01 Å². The number of fused-ring (bicyclic) bond motifs is 1. The zero-order valence-corrected chi connectivity index (χ0v) is 33.2. The standard InChI is InChI=1S/C33H27N2.C11H13N2.2BrH.Pd/c1-5-15-26(16-6-1)32(27-17-7-2-8-18-27)34-25-35(31-24-14-13-23-30(31)34)33(28-19-9-3-10-20-28)29-21-11-4-12-22-29;1-10-8-9-13(12(10)2)11-6-4-3-5-7-11;;;/h1-25,32-33H;3-9H,1-2H3;2*1H;/q;;;;+2/p-2. The molecule has 0 saturated heterocycles. The van der Waals surface area contributed by atoms with Crippen molar-refractivity contribution < 1.29 is 54.4 Å². The SMILES string of the molecule is C[C]1C=CN(c2ccccc2)N1C.[Br-].[Br-].[CH]1N(C(c2ccccc2)c2ccccc2)c2ccccc2N1C(c1ccccc1)c1ccccc1.[Pd+2]. The summed E-state index contributed by atoms with van der Waals surface area (Å²) in [6.07, 6.45) is 4.18. The summed E-state index contributed by atoms with van der Waals surface area (Å²) >= 11 is 0. The molecule has 51 heavy (non-hydrogen) atoms. The number of anilines is 3. The maximum absolute atomic E-state index is 2.43. The van der Waals surface area contributed by atoms with E-state index in [1.807, 2.05) is 18.2 Å². The normalized spacial score (nSPS) is 13.5. The zero-order chi connectivity index (χ0) is 32.7. The van der Waals surface area contributed by atoms with Crippen LogP contribution < -0.4 is 48.8 Å². The molecule has 260 valence electrons. The first kappa shape index (κ1) is 39.8. The molecule has 0 amide bonds. The molecule has 0 N–H and O–H groups in total. The van der Waals surface area contributed by atoms with Crippen LogP contribution >= 0.6 is 0 Å². The third kappa shape index (κ3) is 8.92. The Morgan fingerprint density at radius 1 is 0.431 bits per heavy atom. The Balaban J connectivity index is 0.000000310. The van der Waals surface area contributed by atoms with Gasteiger partial charge < -0.3 is 43.8 Å². The van der Waals surface area contributed by atoms with Gasteiger partial charge in [0.2, 0.25) is 0 Å². The van der Waals surface area contributed by atoms with Crippen LogP contribution in [0.3, 0.4) is 0 Å². The number of rotatable bonds is 7. The third-order valence-electron chi connectivity index (χ3n) is 9.02. The maximum Gasteiger partial charge on any atom is 2.00 e. The van der Waals surface area contributed by atoms with Crippen LogP contribution in [-0.2, 0) is 20.4 Å². The van der Waals surface area contributed by atoms with Crippen LogP contribution in [0, 0.1) is 12.7 Å². The molecule has 0 atom stereocenters. The molecule has 2 radical (unpaired) electrons. The number of hydrogen-bond donors (Lipinski definition) is 0. The topological polar surface area (TPSA) is 13.0 Å². The molecule has 0 saturated carbocycles. The number of hydrogen-bond acceptors (Lipinski definition) is 4. The third-order valence-corrected chi connectivity index (χ3v) is 9.02. The van der Waals surface area contributed by atoms with E-state index in [1.54, 1.807) is 0 Å². The molecule has 6 aromatic rings. The van der Waals surface area contributed by atoms with Gasteiger partial charge in [-0.1, -0.05) is 152 Å². The van der Waals surface area contributed by atoms with E-state index in [0.717, 1.165) is 0 Å². The predicted molar refractivity (Wildman–Crippen MR) is 200 cm³/mol. The van der Waals surface area contributed by atoms with Gasteiger partial charge in [0, 0.05) is 13.2 Å². The van der Waals surface area contributed by atoms with Crippen molar-refractivity contribution in [2.75, 3.05) is 21.9 Å². The van der Waals surface area contributed by atoms with E-state index in [9.17, 15) is 0 Å². The fourth-order valence-electron chi connectivity index (χ4n) is 6.54. The first-order chi connectivity index (χ1) is 23.7. The Labute approximate surface area is 338 Å². The van der Waals surface area contributed by atoms with Crippen LogP contribution in [0.15, 0.2) is 188 Å². The Morgan fingerprint density at radius 3 is 1.06 bits per heavy atom. The number of benzene rings is 6. The molecular weight excluding hydrogens is 851 g/mol. The molecule has 8 rings (SSSR count). The van der Waals surface area contributed by atoms with Crippen LogP contribution in [-0.4, -0.2) is 12.1 Å². The fraction of sp³-hybridized carbons (Fsp3) is 0.0909. The van der Waals surface area contributed by atoms with Gasteiger partial charge in [-0.2, -0.15) is 0 Å². The number of halogens is 2. The first-order valence-corrected chi connectivity index (χ1v) is 16.5. The second-order valence-electron chi connectivity index (χ2n) is 12.0. The Bertz CT molecular complexity index is 1730. The zero-order valence-electron chi connectivity index (χ0n) is 28.5. The fourth-order valence-corrected chi connectivity index (χ4v) is 6.54. The molecule has 0 bridgehead atoms. The van der Waals surface area contributed by atoms with Crippen LogP contribution in [0.5, 0.6) is 0 Å². The monoisotopic (exact) mass is 888 g/mol. The number of nitrogens with zero attached hydrogens (tertiary/aromatic N) is 4. The van der Waals surface area contributed by atoms with Crippen molar-refractivity contribution in [3.05, 3.63) is 223 Å². The van der Waals surface area contributed by atoms with Gasteiger partial charge in [-0.3, -0.25) is 5.01 Å². The molecule has 0 fully saturated rings. The summed E-state index contributed by atoms with van der Waals surface area (Å²) < 4.78 is 0. The first-order valence-electron chi connectivity index (χ1n) is 16.5. The average Bonchev–Trinajstić information content (AvgIpc) is 3.70. The Kier molecular flexibility index (Phi) is 14.9. The molecule has 2 heterocycles. The van der Waals surface area contributed by atoms with Gasteiger partial charge in [-0.05, 0) is 59.5 Å². The summed E-state index contributed by atoms with van der Waals surface area (Å²) in [5.74, 6) is 0. The van der Waals surface area contributed by atoms with Gasteiger partial charge in [0.05, 0.1) is 35.2 Å². The summed E-state index contributed by atoms with van der Waals surface area (Å²) in [4.78, 5) is 4.86.